The van der Waals surface area contributed by atoms with Gasteiger partial charge in [0.2, 0.25) is 0 Å². The minimum atomic E-state index is -3.68. The van der Waals surface area contributed by atoms with Crippen LogP contribution in [0, 0.1) is 5.92 Å². The molecule has 0 atom stereocenters. The van der Waals surface area contributed by atoms with Crippen LogP contribution in [-0.2, 0) is 10.0 Å². The Hall–Kier alpha value is -3.65. The summed E-state index contributed by atoms with van der Waals surface area (Å²) in [6, 6.07) is 21.8. The van der Waals surface area contributed by atoms with Gasteiger partial charge in [-0.15, -0.1) is 0 Å². The first-order valence-electron chi connectivity index (χ1n) is 10.5. The molecule has 0 bridgehead atoms. The van der Waals surface area contributed by atoms with E-state index >= 15 is 0 Å². The number of anilines is 1. The van der Waals surface area contributed by atoms with Crippen molar-refractivity contribution in [2.45, 2.75) is 18.7 Å². The van der Waals surface area contributed by atoms with Crippen LogP contribution in [0.1, 0.15) is 29.8 Å². The van der Waals surface area contributed by atoms with Crippen LogP contribution in [0.2, 0.25) is 0 Å². The molecule has 0 aliphatic carbocycles. The maximum atomic E-state index is 12.7. The molecule has 0 aliphatic rings. The van der Waals surface area contributed by atoms with E-state index in [1.165, 1.54) is 23.5 Å². The molecule has 8 heteroatoms. The Morgan fingerprint density at radius 3 is 2.24 bits per heavy atom. The Bertz CT molecular complexity index is 1190. The lowest BCUT2D eigenvalue weighted by atomic mass is 10.2. The van der Waals surface area contributed by atoms with E-state index < -0.39 is 15.9 Å². The monoisotopic (exact) mass is 465 g/mol. The molecular weight excluding hydrogens is 438 g/mol. The molecule has 1 amide bonds. The lowest BCUT2D eigenvalue weighted by molar-refractivity contribution is 0.0955. The van der Waals surface area contributed by atoms with Crippen molar-refractivity contribution in [2.75, 3.05) is 18.0 Å². The number of hydrazone groups is 1. The van der Waals surface area contributed by atoms with Crippen molar-refractivity contribution in [3.8, 4) is 5.75 Å². The molecular formula is C25H27N3O4S. The number of amides is 1. The van der Waals surface area contributed by atoms with Gasteiger partial charge in [0, 0.05) is 12.6 Å². The maximum absolute atomic E-state index is 12.7. The van der Waals surface area contributed by atoms with Gasteiger partial charge in [0.15, 0.2) is 0 Å². The fraction of sp³-hybridized carbons (Fsp3) is 0.200. The highest BCUT2D eigenvalue weighted by Gasteiger charge is 2.21. The Balaban J connectivity index is 1.59. The first-order chi connectivity index (χ1) is 15.8. The van der Waals surface area contributed by atoms with Crippen LogP contribution >= 0.6 is 0 Å². The number of carbonyl (C=O) groups excluding carboxylic acids is 1. The number of rotatable bonds is 9. The van der Waals surface area contributed by atoms with Gasteiger partial charge in [0.25, 0.3) is 15.9 Å². The Labute approximate surface area is 194 Å². The van der Waals surface area contributed by atoms with Crippen molar-refractivity contribution < 1.29 is 17.9 Å². The van der Waals surface area contributed by atoms with Gasteiger partial charge >= 0.3 is 0 Å². The summed E-state index contributed by atoms with van der Waals surface area (Å²) in [5.74, 6) is 0.830. The molecule has 0 heterocycles. The van der Waals surface area contributed by atoms with Crippen molar-refractivity contribution in [1.29, 1.82) is 0 Å². The number of sulfonamides is 1. The molecule has 0 radical (unpaired) electrons. The average Bonchev–Trinajstić information content (AvgIpc) is 2.83. The molecule has 0 unspecified atom stereocenters. The SMILES string of the molecule is CC(C)COc1ccc(/C=N\NC(=O)c2ccc(N(C)S(=O)(=O)c3ccccc3)cc2)cc1. The molecule has 0 saturated heterocycles. The summed E-state index contributed by atoms with van der Waals surface area (Å²) in [6.07, 6.45) is 1.54. The molecule has 3 aromatic rings. The molecule has 172 valence electrons. The third-order valence-corrected chi connectivity index (χ3v) is 6.54. The number of benzene rings is 3. The van der Waals surface area contributed by atoms with Gasteiger partial charge in [-0.05, 0) is 72.1 Å². The van der Waals surface area contributed by atoms with Gasteiger partial charge < -0.3 is 4.74 Å². The third kappa shape index (κ3) is 6.43. The summed E-state index contributed by atoms with van der Waals surface area (Å²) in [6.45, 7) is 4.82. The second-order valence-corrected chi connectivity index (χ2v) is 9.77. The third-order valence-electron chi connectivity index (χ3n) is 4.74. The fourth-order valence-corrected chi connectivity index (χ4v) is 4.07. The van der Waals surface area contributed by atoms with E-state index in [9.17, 15) is 13.2 Å². The summed E-state index contributed by atoms with van der Waals surface area (Å²) >= 11 is 0. The summed E-state index contributed by atoms with van der Waals surface area (Å²) in [5, 5.41) is 3.99. The van der Waals surface area contributed by atoms with Gasteiger partial charge in [-0.1, -0.05) is 32.0 Å². The van der Waals surface area contributed by atoms with Gasteiger partial charge in [-0.3, -0.25) is 9.10 Å². The molecule has 0 fully saturated rings. The lowest BCUT2D eigenvalue weighted by Crippen LogP contribution is -2.26. The topological polar surface area (TPSA) is 88.1 Å². The number of nitrogens with one attached hydrogen (secondary N) is 1. The number of nitrogens with zero attached hydrogens (tertiary/aromatic N) is 2. The van der Waals surface area contributed by atoms with E-state index in [1.807, 2.05) is 24.3 Å². The van der Waals surface area contributed by atoms with Gasteiger partial charge in [-0.25, -0.2) is 13.8 Å². The van der Waals surface area contributed by atoms with E-state index in [4.69, 9.17) is 4.74 Å². The first-order valence-corrected chi connectivity index (χ1v) is 11.9. The van der Waals surface area contributed by atoms with Crippen molar-refractivity contribution in [2.24, 2.45) is 11.0 Å². The highest BCUT2D eigenvalue weighted by Crippen LogP contribution is 2.22. The predicted molar refractivity (Wildman–Crippen MR) is 130 cm³/mol. The molecule has 0 spiro atoms. The van der Waals surface area contributed by atoms with E-state index in [0.29, 0.717) is 23.8 Å². The highest BCUT2D eigenvalue weighted by molar-refractivity contribution is 7.92. The maximum Gasteiger partial charge on any atom is 0.271 e. The van der Waals surface area contributed by atoms with Crippen LogP contribution in [0.3, 0.4) is 0 Å². The van der Waals surface area contributed by atoms with E-state index in [2.05, 4.69) is 24.4 Å². The van der Waals surface area contributed by atoms with Gasteiger partial charge in [0.1, 0.15) is 5.75 Å². The number of carbonyl (C=O) groups is 1. The second-order valence-electron chi connectivity index (χ2n) is 7.81. The van der Waals surface area contributed by atoms with Gasteiger partial charge in [-0.2, -0.15) is 5.10 Å². The van der Waals surface area contributed by atoms with Crippen LogP contribution in [0.5, 0.6) is 5.75 Å². The summed E-state index contributed by atoms with van der Waals surface area (Å²) in [4.78, 5) is 12.6. The standard InChI is InChI=1S/C25H27N3O4S/c1-19(2)18-32-23-15-9-20(10-16-23)17-26-27-25(29)21-11-13-22(14-12-21)28(3)33(30,31)24-7-5-4-6-8-24/h4-17,19H,18H2,1-3H3,(H,27,29)/b26-17-. The summed E-state index contributed by atoms with van der Waals surface area (Å²) in [5.41, 5.74) is 4.09. The zero-order valence-corrected chi connectivity index (χ0v) is 19.6. The van der Waals surface area contributed by atoms with Crippen molar-refractivity contribution >= 4 is 27.8 Å². The molecule has 3 aromatic carbocycles. The van der Waals surface area contributed by atoms with Crippen molar-refractivity contribution in [1.82, 2.24) is 5.43 Å². The normalized spacial score (nSPS) is 11.5. The fourth-order valence-electron chi connectivity index (χ4n) is 2.86. The van der Waals surface area contributed by atoms with Crippen molar-refractivity contribution in [3.63, 3.8) is 0 Å². The lowest BCUT2D eigenvalue weighted by Gasteiger charge is -2.19. The Morgan fingerprint density at radius 1 is 1.00 bits per heavy atom. The molecule has 0 aliphatic heterocycles. The van der Waals surface area contributed by atoms with Gasteiger partial charge in [0.05, 0.1) is 23.4 Å². The smallest absolute Gasteiger partial charge is 0.271 e. The average molecular weight is 466 g/mol. The minimum Gasteiger partial charge on any atom is -0.493 e. The Kier molecular flexibility index (Phi) is 7.84. The molecule has 0 aromatic heterocycles. The Morgan fingerprint density at radius 2 is 1.64 bits per heavy atom. The molecule has 1 N–H and O–H groups in total. The van der Waals surface area contributed by atoms with Crippen LogP contribution in [0.25, 0.3) is 0 Å². The first kappa shape index (κ1) is 24.0. The number of ether oxygens (including phenoxy) is 1. The van der Waals surface area contributed by atoms with Crippen LogP contribution in [-0.4, -0.2) is 34.2 Å². The number of hydrogen-bond acceptors (Lipinski definition) is 5. The largest absolute Gasteiger partial charge is 0.493 e. The predicted octanol–water partition coefficient (Wildman–Crippen LogP) is 4.31. The van der Waals surface area contributed by atoms with E-state index in [-0.39, 0.29) is 4.90 Å². The summed E-state index contributed by atoms with van der Waals surface area (Å²) in [7, 11) is -2.21. The van der Waals surface area contributed by atoms with Crippen LogP contribution in [0.4, 0.5) is 5.69 Å². The molecule has 7 nitrogen and oxygen atoms in total. The quantitative estimate of drug-likeness (QED) is 0.377. The molecule has 3 rings (SSSR count). The van der Waals surface area contributed by atoms with Crippen LogP contribution < -0.4 is 14.5 Å². The van der Waals surface area contributed by atoms with E-state index in [0.717, 1.165) is 11.3 Å². The zero-order chi connectivity index (χ0) is 23.8. The molecule has 0 saturated carbocycles. The van der Waals surface area contributed by atoms with Crippen LogP contribution in [0.15, 0.2) is 88.9 Å². The zero-order valence-electron chi connectivity index (χ0n) is 18.8. The second kappa shape index (κ2) is 10.8. The highest BCUT2D eigenvalue weighted by atomic mass is 32.2. The number of hydrogen-bond donors (Lipinski definition) is 1. The summed E-state index contributed by atoms with van der Waals surface area (Å²) < 4.78 is 32.3. The van der Waals surface area contributed by atoms with E-state index in [1.54, 1.807) is 48.7 Å². The minimum absolute atomic E-state index is 0.197. The van der Waals surface area contributed by atoms with Crippen molar-refractivity contribution in [3.05, 3.63) is 90.0 Å². The molecule has 33 heavy (non-hydrogen) atoms.